The summed E-state index contributed by atoms with van der Waals surface area (Å²) in [5.74, 6) is -0.535. The van der Waals surface area contributed by atoms with Crippen molar-refractivity contribution in [3.63, 3.8) is 0 Å². The minimum Gasteiger partial charge on any atom is -0.493 e. The number of halogens is 1. The van der Waals surface area contributed by atoms with Gasteiger partial charge >= 0.3 is 5.97 Å². The van der Waals surface area contributed by atoms with Crippen molar-refractivity contribution in [3.05, 3.63) is 24.3 Å². The first-order valence-electron chi connectivity index (χ1n) is 6.61. The number of hydrogen-bond donors (Lipinski definition) is 3. The molecule has 1 aromatic rings. The number of carbonyl (C=O) groups is 3. The van der Waals surface area contributed by atoms with E-state index in [0.29, 0.717) is 11.4 Å². The standard InChI is InChI=1S/C14H19N3O5.ClH/c1-21-14(20)6-7-22-11-4-2-10(3-5-11)17-13(19)9-16-12(18)8-15;/h2-5H,6-9,15H2,1H3,(H,16,18)(H,17,19);1H. The molecule has 0 heterocycles. The van der Waals surface area contributed by atoms with Crippen LogP contribution in [0.15, 0.2) is 24.3 Å². The zero-order valence-corrected chi connectivity index (χ0v) is 13.5. The maximum atomic E-state index is 11.5. The molecule has 128 valence electrons. The van der Waals surface area contributed by atoms with Crippen LogP contribution in [0.1, 0.15) is 6.42 Å². The summed E-state index contributed by atoms with van der Waals surface area (Å²) in [4.78, 5) is 33.4. The molecule has 0 aliphatic carbocycles. The fourth-order valence-corrected chi connectivity index (χ4v) is 1.44. The van der Waals surface area contributed by atoms with Gasteiger partial charge in [-0.15, -0.1) is 12.4 Å². The number of methoxy groups -OCH3 is 1. The molecule has 0 aliphatic rings. The van der Waals surface area contributed by atoms with Crippen molar-refractivity contribution in [2.75, 3.05) is 32.1 Å². The second-order valence-electron chi connectivity index (χ2n) is 4.23. The normalized spacial score (nSPS) is 9.30. The summed E-state index contributed by atoms with van der Waals surface area (Å²) >= 11 is 0. The van der Waals surface area contributed by atoms with Crippen LogP contribution in [-0.2, 0) is 19.1 Å². The summed E-state index contributed by atoms with van der Waals surface area (Å²) in [5, 5.41) is 4.97. The number of nitrogens with two attached hydrogens (primary N) is 1. The van der Waals surface area contributed by atoms with Crippen LogP contribution in [-0.4, -0.2) is 44.6 Å². The summed E-state index contributed by atoms with van der Waals surface area (Å²) in [5.41, 5.74) is 5.67. The van der Waals surface area contributed by atoms with Gasteiger partial charge in [0.25, 0.3) is 0 Å². The molecule has 1 aromatic carbocycles. The lowest BCUT2D eigenvalue weighted by Crippen LogP contribution is -2.36. The highest BCUT2D eigenvalue weighted by Crippen LogP contribution is 2.15. The Morgan fingerprint density at radius 1 is 1.13 bits per heavy atom. The van der Waals surface area contributed by atoms with Gasteiger partial charge in [0.2, 0.25) is 11.8 Å². The Morgan fingerprint density at radius 2 is 1.78 bits per heavy atom. The van der Waals surface area contributed by atoms with E-state index in [4.69, 9.17) is 10.5 Å². The molecule has 9 heteroatoms. The lowest BCUT2D eigenvalue weighted by molar-refractivity contribution is -0.141. The predicted molar refractivity (Wildman–Crippen MR) is 86.5 cm³/mol. The molecule has 0 unspecified atom stereocenters. The number of amides is 2. The highest BCUT2D eigenvalue weighted by atomic mass is 35.5. The third-order valence-corrected chi connectivity index (χ3v) is 2.57. The Bertz CT molecular complexity index is 522. The topological polar surface area (TPSA) is 120 Å². The molecule has 0 atom stereocenters. The van der Waals surface area contributed by atoms with Crippen LogP contribution in [0.5, 0.6) is 5.75 Å². The van der Waals surface area contributed by atoms with E-state index in [-0.39, 0.29) is 50.4 Å². The molecule has 0 fully saturated rings. The zero-order chi connectivity index (χ0) is 16.4. The first-order valence-corrected chi connectivity index (χ1v) is 6.61. The highest BCUT2D eigenvalue weighted by Gasteiger charge is 2.05. The van der Waals surface area contributed by atoms with E-state index in [1.54, 1.807) is 24.3 Å². The molecule has 23 heavy (non-hydrogen) atoms. The summed E-state index contributed by atoms with van der Waals surface area (Å²) in [7, 11) is 1.32. The second-order valence-corrected chi connectivity index (χ2v) is 4.23. The Balaban J connectivity index is 0.00000484. The molecule has 0 aliphatic heterocycles. The number of benzene rings is 1. The third kappa shape index (κ3) is 8.64. The van der Waals surface area contributed by atoms with Crippen LogP contribution in [0.25, 0.3) is 0 Å². The van der Waals surface area contributed by atoms with Gasteiger partial charge < -0.3 is 25.8 Å². The van der Waals surface area contributed by atoms with E-state index in [2.05, 4.69) is 15.4 Å². The van der Waals surface area contributed by atoms with E-state index in [1.807, 2.05) is 0 Å². The molecule has 0 spiro atoms. The molecule has 1 rings (SSSR count). The summed E-state index contributed by atoms with van der Waals surface area (Å²) in [6.07, 6.45) is 0.163. The van der Waals surface area contributed by atoms with Gasteiger partial charge in [-0.1, -0.05) is 0 Å². The van der Waals surface area contributed by atoms with Crippen LogP contribution in [0.3, 0.4) is 0 Å². The minimum absolute atomic E-state index is 0. The first-order chi connectivity index (χ1) is 10.5. The molecule has 0 saturated heterocycles. The van der Waals surface area contributed by atoms with Gasteiger partial charge in [0.15, 0.2) is 0 Å². The summed E-state index contributed by atoms with van der Waals surface area (Å²) in [6.45, 7) is -0.0954. The lowest BCUT2D eigenvalue weighted by atomic mass is 10.3. The SMILES string of the molecule is COC(=O)CCOc1ccc(NC(=O)CNC(=O)CN)cc1.Cl. The Morgan fingerprint density at radius 3 is 2.35 bits per heavy atom. The Labute approximate surface area is 140 Å². The first kappa shape index (κ1) is 20.7. The summed E-state index contributed by atoms with van der Waals surface area (Å²) in [6, 6.07) is 6.61. The number of esters is 1. The number of carbonyl (C=O) groups excluding carboxylic acids is 3. The number of nitrogens with one attached hydrogen (secondary N) is 2. The highest BCUT2D eigenvalue weighted by molar-refractivity contribution is 5.94. The minimum atomic E-state index is -0.399. The van der Waals surface area contributed by atoms with Crippen molar-refractivity contribution < 1.29 is 23.9 Å². The van der Waals surface area contributed by atoms with Crippen molar-refractivity contribution in [2.45, 2.75) is 6.42 Å². The van der Waals surface area contributed by atoms with Crippen molar-refractivity contribution in [2.24, 2.45) is 5.73 Å². The van der Waals surface area contributed by atoms with Crippen molar-refractivity contribution in [1.29, 1.82) is 0 Å². The van der Waals surface area contributed by atoms with Gasteiger partial charge in [0.1, 0.15) is 5.75 Å². The molecule has 8 nitrogen and oxygen atoms in total. The third-order valence-electron chi connectivity index (χ3n) is 2.57. The van der Waals surface area contributed by atoms with Gasteiger partial charge in [-0.3, -0.25) is 14.4 Å². The van der Waals surface area contributed by atoms with Crippen molar-refractivity contribution >= 4 is 35.9 Å². The smallest absolute Gasteiger partial charge is 0.308 e. The van der Waals surface area contributed by atoms with E-state index in [1.165, 1.54) is 7.11 Å². The average Bonchev–Trinajstić information content (AvgIpc) is 2.54. The molecule has 4 N–H and O–H groups in total. The predicted octanol–water partition coefficient (Wildman–Crippen LogP) is 0.0637. The van der Waals surface area contributed by atoms with Gasteiger partial charge in [0, 0.05) is 5.69 Å². The van der Waals surface area contributed by atoms with Gasteiger partial charge in [-0.2, -0.15) is 0 Å². The van der Waals surface area contributed by atoms with Crippen molar-refractivity contribution in [1.82, 2.24) is 5.32 Å². The Kier molecular flexibility index (Phi) is 10.1. The van der Waals surface area contributed by atoms with E-state index >= 15 is 0 Å². The monoisotopic (exact) mass is 345 g/mol. The van der Waals surface area contributed by atoms with Crippen LogP contribution >= 0.6 is 12.4 Å². The number of anilines is 1. The average molecular weight is 346 g/mol. The fraction of sp³-hybridized carbons (Fsp3) is 0.357. The van der Waals surface area contributed by atoms with E-state index in [0.717, 1.165) is 0 Å². The van der Waals surface area contributed by atoms with Gasteiger partial charge in [0.05, 0.1) is 33.2 Å². The molecular weight excluding hydrogens is 326 g/mol. The maximum absolute atomic E-state index is 11.5. The Hall–Kier alpha value is -2.32. The molecule has 0 radical (unpaired) electrons. The van der Waals surface area contributed by atoms with E-state index in [9.17, 15) is 14.4 Å². The van der Waals surface area contributed by atoms with E-state index < -0.39 is 5.91 Å². The number of hydrogen-bond acceptors (Lipinski definition) is 6. The summed E-state index contributed by atoms with van der Waals surface area (Å²) < 4.78 is 9.84. The van der Waals surface area contributed by atoms with Crippen molar-refractivity contribution in [3.8, 4) is 5.75 Å². The van der Waals surface area contributed by atoms with Crippen LogP contribution in [0.2, 0.25) is 0 Å². The van der Waals surface area contributed by atoms with Gasteiger partial charge in [-0.05, 0) is 24.3 Å². The molecule has 2 amide bonds. The largest absolute Gasteiger partial charge is 0.493 e. The lowest BCUT2D eigenvalue weighted by Gasteiger charge is -2.08. The second kappa shape index (κ2) is 11.3. The van der Waals surface area contributed by atoms with Gasteiger partial charge in [-0.25, -0.2) is 0 Å². The number of ether oxygens (including phenoxy) is 2. The van der Waals surface area contributed by atoms with Crippen LogP contribution < -0.4 is 21.1 Å². The van der Waals surface area contributed by atoms with Crippen LogP contribution in [0, 0.1) is 0 Å². The fourth-order valence-electron chi connectivity index (χ4n) is 1.44. The quantitative estimate of drug-likeness (QED) is 0.573. The molecular formula is C14H20ClN3O5. The molecule has 0 saturated carbocycles. The molecule has 0 bridgehead atoms. The molecule has 0 aromatic heterocycles. The van der Waals surface area contributed by atoms with Crippen LogP contribution in [0.4, 0.5) is 5.69 Å². The zero-order valence-electron chi connectivity index (χ0n) is 12.7. The number of rotatable bonds is 8. The maximum Gasteiger partial charge on any atom is 0.308 e.